The van der Waals surface area contributed by atoms with Crippen molar-refractivity contribution in [1.29, 1.82) is 0 Å². The third-order valence-corrected chi connectivity index (χ3v) is 2.27. The summed E-state index contributed by atoms with van der Waals surface area (Å²) in [5.74, 6) is 0.0533. The molecular weight excluding hydrogens is 222 g/mol. The third kappa shape index (κ3) is 3.39. The molecule has 0 aromatic carbocycles. The molecule has 0 aliphatic heterocycles. The molecule has 1 aromatic rings. The van der Waals surface area contributed by atoms with Crippen LogP contribution in [0.1, 0.15) is 24.5 Å². The quantitative estimate of drug-likeness (QED) is 0.753. The minimum Gasteiger partial charge on any atom is -0.463 e. The van der Waals surface area contributed by atoms with E-state index in [0.717, 1.165) is 0 Å². The highest BCUT2D eigenvalue weighted by Gasteiger charge is 2.15. The van der Waals surface area contributed by atoms with Crippen molar-refractivity contribution in [3.63, 3.8) is 0 Å². The topological polar surface area (TPSA) is 75.5 Å². The van der Waals surface area contributed by atoms with Crippen molar-refractivity contribution < 1.29 is 14.6 Å². The van der Waals surface area contributed by atoms with Gasteiger partial charge in [0.1, 0.15) is 5.82 Å². The standard InChI is InChI=1S/C11H17N3O3/c1-8(2)14(6-7-15)9-4-5-12-10(13-9)11(16)17-3/h4-5,8,15H,6-7H2,1-3H3. The van der Waals surface area contributed by atoms with Gasteiger partial charge >= 0.3 is 5.97 Å². The number of hydrogen-bond donors (Lipinski definition) is 1. The highest BCUT2D eigenvalue weighted by Crippen LogP contribution is 2.13. The van der Waals surface area contributed by atoms with Gasteiger partial charge in [0, 0.05) is 18.8 Å². The Hall–Kier alpha value is -1.69. The van der Waals surface area contributed by atoms with Crippen molar-refractivity contribution >= 4 is 11.8 Å². The average Bonchev–Trinajstić information content (AvgIpc) is 2.34. The molecule has 0 saturated heterocycles. The zero-order chi connectivity index (χ0) is 12.8. The van der Waals surface area contributed by atoms with Crippen LogP contribution < -0.4 is 4.90 Å². The number of nitrogens with zero attached hydrogens (tertiary/aromatic N) is 3. The summed E-state index contributed by atoms with van der Waals surface area (Å²) in [5.41, 5.74) is 0. The fourth-order valence-electron chi connectivity index (χ4n) is 1.44. The van der Waals surface area contributed by atoms with E-state index < -0.39 is 5.97 Å². The summed E-state index contributed by atoms with van der Waals surface area (Å²) >= 11 is 0. The van der Waals surface area contributed by atoms with Gasteiger partial charge in [-0.25, -0.2) is 14.8 Å². The summed E-state index contributed by atoms with van der Waals surface area (Å²) in [7, 11) is 1.28. The minimum atomic E-state index is -0.570. The Bertz CT molecular complexity index is 382. The molecule has 0 amide bonds. The summed E-state index contributed by atoms with van der Waals surface area (Å²) < 4.78 is 4.56. The van der Waals surface area contributed by atoms with Crippen molar-refractivity contribution in [3.05, 3.63) is 18.1 Å². The molecule has 1 rings (SSSR count). The number of carbonyl (C=O) groups excluding carboxylic acids is 1. The molecule has 0 atom stereocenters. The number of anilines is 1. The van der Waals surface area contributed by atoms with E-state index >= 15 is 0 Å². The number of ether oxygens (including phenoxy) is 1. The van der Waals surface area contributed by atoms with Crippen LogP contribution in [-0.2, 0) is 4.74 Å². The van der Waals surface area contributed by atoms with E-state index in [0.29, 0.717) is 12.4 Å². The first kappa shape index (κ1) is 13.4. The molecule has 1 N–H and O–H groups in total. The number of hydrogen-bond acceptors (Lipinski definition) is 6. The van der Waals surface area contributed by atoms with E-state index in [1.807, 2.05) is 18.7 Å². The Balaban J connectivity index is 2.99. The number of aromatic nitrogens is 2. The molecular formula is C11H17N3O3. The summed E-state index contributed by atoms with van der Waals surface area (Å²) in [6.45, 7) is 4.44. The Morgan fingerprint density at radius 2 is 2.29 bits per heavy atom. The minimum absolute atomic E-state index is 0.0218. The molecule has 0 radical (unpaired) electrons. The van der Waals surface area contributed by atoms with Crippen LogP contribution in [-0.4, -0.2) is 47.3 Å². The van der Waals surface area contributed by atoms with Crippen LogP contribution in [0.15, 0.2) is 12.3 Å². The maximum Gasteiger partial charge on any atom is 0.376 e. The van der Waals surface area contributed by atoms with Crippen LogP contribution in [0.2, 0.25) is 0 Å². The Morgan fingerprint density at radius 3 is 2.82 bits per heavy atom. The van der Waals surface area contributed by atoms with E-state index in [9.17, 15) is 4.79 Å². The van der Waals surface area contributed by atoms with Crippen molar-refractivity contribution in [1.82, 2.24) is 9.97 Å². The second-order valence-electron chi connectivity index (χ2n) is 3.74. The SMILES string of the molecule is COC(=O)c1nccc(N(CCO)C(C)C)n1. The first-order chi connectivity index (χ1) is 8.10. The molecule has 6 nitrogen and oxygen atoms in total. The molecule has 0 unspecified atom stereocenters. The average molecular weight is 239 g/mol. The Kier molecular flexibility index (Phi) is 4.84. The fraction of sp³-hybridized carbons (Fsp3) is 0.545. The first-order valence-corrected chi connectivity index (χ1v) is 5.39. The highest BCUT2D eigenvalue weighted by atomic mass is 16.5. The van der Waals surface area contributed by atoms with E-state index in [4.69, 9.17) is 5.11 Å². The van der Waals surface area contributed by atoms with Crippen LogP contribution in [0.3, 0.4) is 0 Å². The van der Waals surface area contributed by atoms with Gasteiger partial charge in [-0.1, -0.05) is 0 Å². The molecule has 17 heavy (non-hydrogen) atoms. The van der Waals surface area contributed by atoms with Crippen molar-refractivity contribution in [2.24, 2.45) is 0 Å². The Labute approximate surface area is 100 Å². The molecule has 0 spiro atoms. The lowest BCUT2D eigenvalue weighted by molar-refractivity contribution is 0.0586. The van der Waals surface area contributed by atoms with Crippen LogP contribution in [0, 0.1) is 0 Å². The lowest BCUT2D eigenvalue weighted by Gasteiger charge is -2.26. The summed E-state index contributed by atoms with van der Waals surface area (Å²) in [6.07, 6.45) is 1.50. The second-order valence-corrected chi connectivity index (χ2v) is 3.74. The van der Waals surface area contributed by atoms with E-state index in [1.54, 1.807) is 6.07 Å². The van der Waals surface area contributed by atoms with Crippen molar-refractivity contribution in [3.8, 4) is 0 Å². The molecule has 1 heterocycles. The maximum atomic E-state index is 11.3. The molecule has 1 aromatic heterocycles. The number of rotatable bonds is 5. The summed E-state index contributed by atoms with van der Waals surface area (Å²) in [4.78, 5) is 21.1. The van der Waals surface area contributed by atoms with Crippen molar-refractivity contribution in [2.75, 3.05) is 25.2 Å². The molecule has 0 fully saturated rings. The van der Waals surface area contributed by atoms with Gasteiger partial charge in [0.25, 0.3) is 0 Å². The van der Waals surface area contributed by atoms with Gasteiger partial charge in [-0.2, -0.15) is 0 Å². The zero-order valence-corrected chi connectivity index (χ0v) is 10.3. The molecule has 0 saturated carbocycles. The maximum absolute atomic E-state index is 11.3. The largest absolute Gasteiger partial charge is 0.463 e. The lowest BCUT2D eigenvalue weighted by Crippen LogP contribution is -2.34. The number of esters is 1. The summed E-state index contributed by atoms with van der Waals surface area (Å²) in [5, 5.41) is 8.99. The van der Waals surface area contributed by atoms with E-state index in [2.05, 4.69) is 14.7 Å². The normalized spacial score (nSPS) is 10.4. The zero-order valence-electron chi connectivity index (χ0n) is 10.3. The van der Waals surface area contributed by atoms with Gasteiger partial charge < -0.3 is 14.7 Å². The van der Waals surface area contributed by atoms with Crippen LogP contribution in [0.5, 0.6) is 0 Å². The highest BCUT2D eigenvalue weighted by molar-refractivity contribution is 5.85. The first-order valence-electron chi connectivity index (χ1n) is 5.39. The third-order valence-electron chi connectivity index (χ3n) is 2.27. The molecule has 0 bridgehead atoms. The molecule has 94 valence electrons. The number of carbonyl (C=O) groups is 1. The molecule has 0 aliphatic rings. The van der Waals surface area contributed by atoms with Gasteiger partial charge in [-0.05, 0) is 19.9 Å². The van der Waals surface area contributed by atoms with Crippen LogP contribution >= 0.6 is 0 Å². The van der Waals surface area contributed by atoms with E-state index in [1.165, 1.54) is 13.3 Å². The van der Waals surface area contributed by atoms with Gasteiger partial charge in [-0.15, -0.1) is 0 Å². The van der Waals surface area contributed by atoms with Gasteiger partial charge in [-0.3, -0.25) is 0 Å². The molecule has 0 aliphatic carbocycles. The van der Waals surface area contributed by atoms with Crippen LogP contribution in [0.25, 0.3) is 0 Å². The Morgan fingerprint density at radius 1 is 1.59 bits per heavy atom. The van der Waals surface area contributed by atoms with Crippen LogP contribution in [0.4, 0.5) is 5.82 Å². The predicted octanol–water partition coefficient (Wildman–Crippen LogP) is 0.470. The van der Waals surface area contributed by atoms with Gasteiger partial charge in [0.2, 0.25) is 5.82 Å². The van der Waals surface area contributed by atoms with Crippen molar-refractivity contribution in [2.45, 2.75) is 19.9 Å². The smallest absolute Gasteiger partial charge is 0.376 e. The number of aliphatic hydroxyl groups is 1. The fourth-order valence-corrected chi connectivity index (χ4v) is 1.44. The lowest BCUT2D eigenvalue weighted by atomic mass is 10.3. The summed E-state index contributed by atoms with van der Waals surface area (Å²) in [6, 6.07) is 1.87. The monoisotopic (exact) mass is 239 g/mol. The van der Waals surface area contributed by atoms with E-state index in [-0.39, 0.29) is 18.5 Å². The second kappa shape index (κ2) is 6.15. The number of methoxy groups -OCH3 is 1. The number of aliphatic hydroxyl groups excluding tert-OH is 1. The van der Waals surface area contributed by atoms with Gasteiger partial charge in [0.05, 0.1) is 13.7 Å². The van der Waals surface area contributed by atoms with Gasteiger partial charge in [0.15, 0.2) is 0 Å². The molecule has 6 heteroatoms. The predicted molar refractivity (Wildman–Crippen MR) is 62.9 cm³/mol.